The zero-order valence-electron chi connectivity index (χ0n) is 23.0. The number of alkyl halides is 1. The third kappa shape index (κ3) is 7.07. The third-order valence-electron chi connectivity index (χ3n) is 9.35. The maximum absolute atomic E-state index is 14.2. The highest BCUT2D eigenvalue weighted by Gasteiger charge is 2.40. The Labute approximate surface area is 217 Å². The van der Waals surface area contributed by atoms with Gasteiger partial charge in [-0.3, -0.25) is 0 Å². The van der Waals surface area contributed by atoms with Crippen LogP contribution < -0.4 is 10.6 Å². The third-order valence-corrected chi connectivity index (χ3v) is 9.35. The van der Waals surface area contributed by atoms with Crippen molar-refractivity contribution >= 4 is 0 Å². The number of imidazole rings is 1. The van der Waals surface area contributed by atoms with Gasteiger partial charge in [-0.25, -0.2) is 9.37 Å². The van der Waals surface area contributed by atoms with Gasteiger partial charge in [-0.1, -0.05) is 0 Å². The summed E-state index contributed by atoms with van der Waals surface area (Å²) in [7, 11) is 5.38. The van der Waals surface area contributed by atoms with Gasteiger partial charge in [-0.05, 0) is 70.6 Å². The van der Waals surface area contributed by atoms with E-state index in [-0.39, 0.29) is 18.3 Å². The van der Waals surface area contributed by atoms with E-state index in [2.05, 4.69) is 40.2 Å². The number of rotatable bonds is 10. The zero-order valence-corrected chi connectivity index (χ0v) is 23.0. The van der Waals surface area contributed by atoms with Gasteiger partial charge in [-0.15, -0.1) is 0 Å². The Morgan fingerprint density at radius 3 is 2.44 bits per heavy atom. The van der Waals surface area contributed by atoms with Crippen LogP contribution in [0.1, 0.15) is 64.1 Å². The molecule has 4 rings (SSSR count). The molecule has 9 unspecified atom stereocenters. The number of nitrogens with one attached hydrogen (secondary N) is 2. The molecule has 0 radical (unpaired) electrons. The molecule has 0 spiro atoms. The van der Waals surface area contributed by atoms with Crippen molar-refractivity contribution in [3.63, 3.8) is 0 Å². The highest BCUT2D eigenvalue weighted by atomic mass is 19.1. The second kappa shape index (κ2) is 13.1. The summed E-state index contributed by atoms with van der Waals surface area (Å²) in [6.07, 6.45) is 11.2. The monoisotopic (exact) mass is 508 g/mol. The van der Waals surface area contributed by atoms with E-state index < -0.39 is 6.17 Å². The molecule has 1 saturated heterocycles. The van der Waals surface area contributed by atoms with Crippen LogP contribution in [0.5, 0.6) is 0 Å². The van der Waals surface area contributed by atoms with Crippen LogP contribution in [0.3, 0.4) is 0 Å². The predicted octanol–water partition coefficient (Wildman–Crippen LogP) is 3.89. The van der Waals surface area contributed by atoms with E-state index in [0.717, 1.165) is 57.4 Å². The second-order valence-corrected chi connectivity index (χ2v) is 11.7. The lowest BCUT2D eigenvalue weighted by Crippen LogP contribution is -2.57. The molecule has 9 atom stereocenters. The van der Waals surface area contributed by atoms with E-state index in [1.165, 1.54) is 0 Å². The highest BCUT2D eigenvalue weighted by Crippen LogP contribution is 2.36. The smallest absolute Gasteiger partial charge is 0.105 e. The van der Waals surface area contributed by atoms with Gasteiger partial charge in [0.15, 0.2) is 0 Å². The number of hydrogen-bond donors (Lipinski definition) is 2. The summed E-state index contributed by atoms with van der Waals surface area (Å²) in [5, 5.41) is 7.86. The van der Waals surface area contributed by atoms with Crippen molar-refractivity contribution in [3.05, 3.63) is 18.2 Å². The molecule has 3 fully saturated rings. The lowest BCUT2D eigenvalue weighted by Gasteiger charge is -2.45. The minimum Gasteiger partial charge on any atom is -0.381 e. The van der Waals surface area contributed by atoms with Crippen molar-refractivity contribution in [3.8, 4) is 0 Å². The Morgan fingerprint density at radius 1 is 1.06 bits per heavy atom. The molecule has 2 heterocycles. The molecule has 36 heavy (non-hydrogen) atoms. The quantitative estimate of drug-likeness (QED) is 0.500. The fourth-order valence-electron chi connectivity index (χ4n) is 7.14. The summed E-state index contributed by atoms with van der Waals surface area (Å²) < 4.78 is 33.7. The minimum absolute atomic E-state index is 0.00768. The van der Waals surface area contributed by atoms with Crippen LogP contribution in [0.4, 0.5) is 4.39 Å². The molecule has 0 amide bonds. The summed E-state index contributed by atoms with van der Waals surface area (Å²) in [5.74, 6) is 2.52. The van der Waals surface area contributed by atoms with Crippen LogP contribution in [0.15, 0.2) is 12.4 Å². The van der Waals surface area contributed by atoms with Crippen molar-refractivity contribution < 1.29 is 18.6 Å². The molecule has 3 aliphatic rings. The van der Waals surface area contributed by atoms with E-state index in [9.17, 15) is 4.39 Å². The first-order valence-corrected chi connectivity index (χ1v) is 14.1. The van der Waals surface area contributed by atoms with Crippen LogP contribution >= 0.6 is 0 Å². The number of nitrogens with zero attached hydrogens (tertiary/aromatic N) is 2. The second-order valence-electron chi connectivity index (χ2n) is 11.7. The van der Waals surface area contributed by atoms with Crippen molar-refractivity contribution in [2.24, 2.45) is 17.8 Å². The van der Waals surface area contributed by atoms with Crippen molar-refractivity contribution in [2.45, 2.75) is 114 Å². The number of piperidine rings is 1. The fourth-order valence-corrected chi connectivity index (χ4v) is 7.14. The molecule has 1 aromatic heterocycles. The molecule has 7 nitrogen and oxygen atoms in total. The number of aryl methyl sites for hydroxylation is 1. The van der Waals surface area contributed by atoms with E-state index in [0.29, 0.717) is 48.7 Å². The Hall–Kier alpha value is -1.06. The number of halogens is 1. The van der Waals surface area contributed by atoms with E-state index in [1.54, 1.807) is 7.11 Å². The summed E-state index contributed by atoms with van der Waals surface area (Å²) in [4.78, 5) is 4.43. The largest absolute Gasteiger partial charge is 0.381 e. The molecule has 1 aliphatic heterocycles. The van der Waals surface area contributed by atoms with Gasteiger partial charge in [-0.2, -0.15) is 0 Å². The molecular formula is C28H49FN4O3. The molecule has 1 aromatic rings. The predicted molar refractivity (Wildman–Crippen MR) is 140 cm³/mol. The maximum Gasteiger partial charge on any atom is 0.105 e. The van der Waals surface area contributed by atoms with E-state index in [1.807, 2.05) is 20.4 Å². The maximum atomic E-state index is 14.2. The van der Waals surface area contributed by atoms with E-state index in [4.69, 9.17) is 14.2 Å². The first-order valence-electron chi connectivity index (χ1n) is 14.1. The average Bonchev–Trinajstić information content (AvgIpc) is 3.30. The van der Waals surface area contributed by atoms with Crippen LogP contribution in [0.25, 0.3) is 0 Å². The molecule has 2 aliphatic carbocycles. The fraction of sp³-hybridized carbons (Fsp3) is 0.893. The molecular weight excluding hydrogens is 459 g/mol. The Morgan fingerprint density at radius 2 is 1.81 bits per heavy atom. The SMILES string of the molecule is COC1CC(OC)CC(C(C)NCC2CC(Cn3ccnc3C)CC(C3CCC(F)CC3OC)N2)C1. The van der Waals surface area contributed by atoms with Gasteiger partial charge < -0.3 is 29.4 Å². The highest BCUT2D eigenvalue weighted by molar-refractivity contribution is 4.97. The summed E-state index contributed by atoms with van der Waals surface area (Å²) >= 11 is 0. The van der Waals surface area contributed by atoms with Gasteiger partial charge in [0.25, 0.3) is 0 Å². The van der Waals surface area contributed by atoms with Crippen molar-refractivity contribution in [2.75, 3.05) is 27.9 Å². The minimum atomic E-state index is -0.736. The first kappa shape index (κ1) is 28.0. The average molecular weight is 509 g/mol. The normalized spacial score (nSPS) is 38.7. The van der Waals surface area contributed by atoms with Crippen LogP contribution in [-0.4, -0.2) is 80.0 Å². The number of aromatic nitrogens is 2. The lowest BCUT2D eigenvalue weighted by molar-refractivity contribution is -0.0359. The summed E-state index contributed by atoms with van der Waals surface area (Å²) in [5.41, 5.74) is 0. The summed E-state index contributed by atoms with van der Waals surface area (Å²) in [6.45, 7) is 6.30. The van der Waals surface area contributed by atoms with Gasteiger partial charge >= 0.3 is 0 Å². The molecule has 2 saturated carbocycles. The number of methoxy groups -OCH3 is 3. The molecule has 2 N–H and O–H groups in total. The lowest BCUT2D eigenvalue weighted by atomic mass is 9.74. The van der Waals surface area contributed by atoms with Gasteiger partial charge in [0.05, 0.1) is 18.3 Å². The molecule has 8 heteroatoms. The Balaban J connectivity index is 1.40. The molecule has 206 valence electrons. The number of ether oxygens (including phenoxy) is 3. The van der Waals surface area contributed by atoms with Crippen LogP contribution in [0.2, 0.25) is 0 Å². The van der Waals surface area contributed by atoms with E-state index >= 15 is 0 Å². The van der Waals surface area contributed by atoms with Gasteiger partial charge in [0.2, 0.25) is 0 Å². The molecule has 0 bridgehead atoms. The summed E-state index contributed by atoms with van der Waals surface area (Å²) in [6, 6.07) is 1.11. The van der Waals surface area contributed by atoms with Gasteiger partial charge in [0.1, 0.15) is 12.0 Å². The number of hydrogen-bond acceptors (Lipinski definition) is 6. The van der Waals surface area contributed by atoms with Gasteiger partial charge in [0, 0.05) is 77.3 Å². The van der Waals surface area contributed by atoms with Crippen LogP contribution in [-0.2, 0) is 20.8 Å². The van der Waals surface area contributed by atoms with Crippen molar-refractivity contribution in [1.29, 1.82) is 0 Å². The Bertz CT molecular complexity index is 783. The van der Waals surface area contributed by atoms with Crippen molar-refractivity contribution in [1.82, 2.24) is 20.2 Å². The first-order chi connectivity index (χ1) is 17.4. The zero-order chi connectivity index (χ0) is 25.7. The molecule has 0 aromatic carbocycles. The standard InChI is InChI=1S/C28H49FN4O3/c1-18(21-12-24(34-3)15-25(13-21)35-4)31-16-23-10-20(17-33-9-8-30-19(33)2)11-27(32-23)26-7-6-22(29)14-28(26)36-5/h8-9,18,20-28,31-32H,6-7,10-17H2,1-5H3. The Kier molecular flexibility index (Phi) is 10.2. The van der Waals surface area contributed by atoms with Crippen LogP contribution in [0, 0.1) is 24.7 Å². The topological polar surface area (TPSA) is 69.6 Å².